The lowest BCUT2D eigenvalue weighted by Crippen LogP contribution is -2.53. The molecule has 1 saturated heterocycles. The number of hydrogen-bond acceptors (Lipinski definition) is 5. The molecule has 1 amide bonds. The third-order valence-electron chi connectivity index (χ3n) is 8.62. The Morgan fingerprint density at radius 3 is 2.71 bits per heavy atom. The molecule has 0 aromatic heterocycles. The van der Waals surface area contributed by atoms with Crippen LogP contribution in [-0.4, -0.2) is 49.2 Å². The first kappa shape index (κ1) is 19.7. The van der Waals surface area contributed by atoms with E-state index in [9.17, 15) is 4.79 Å². The average Bonchev–Trinajstić information content (AvgIpc) is 3.37. The standard InChI is InChI=1S/C25H33N3O3/c1-30-19-8-10-24(11-9-19)14-18-7-6-17(16-4-5-16)13-21(18)25(24)22(29)28(23(26)27-25)15-20-3-2-12-31-20/h6-7,13,16,19-20H,2-5,8-12,14-15H2,1H3,(H2,26,27)/t19?,20-,24?,25+/m0/s1. The Kier molecular flexibility index (Phi) is 4.48. The minimum Gasteiger partial charge on any atom is -0.381 e. The molecule has 2 saturated carbocycles. The summed E-state index contributed by atoms with van der Waals surface area (Å²) in [6.45, 7) is 1.29. The first-order chi connectivity index (χ1) is 15.1. The van der Waals surface area contributed by atoms with E-state index in [0.29, 0.717) is 18.4 Å². The lowest BCUT2D eigenvalue weighted by molar-refractivity contribution is -0.139. The quantitative estimate of drug-likeness (QED) is 0.807. The summed E-state index contributed by atoms with van der Waals surface area (Å²) in [6.07, 6.45) is 9.57. The monoisotopic (exact) mass is 423 g/mol. The maximum atomic E-state index is 14.3. The summed E-state index contributed by atoms with van der Waals surface area (Å²) in [4.78, 5) is 21.1. The molecule has 0 unspecified atom stereocenters. The number of fused-ring (bicyclic) bond motifs is 3. The summed E-state index contributed by atoms with van der Waals surface area (Å²) in [5.74, 6) is 1.09. The van der Waals surface area contributed by atoms with Gasteiger partial charge in [-0.1, -0.05) is 18.2 Å². The highest BCUT2D eigenvalue weighted by Gasteiger charge is 2.66. The molecule has 2 N–H and O–H groups in total. The molecule has 3 aliphatic carbocycles. The number of nitrogens with zero attached hydrogens (tertiary/aromatic N) is 2. The molecule has 3 fully saturated rings. The Morgan fingerprint density at radius 1 is 1.23 bits per heavy atom. The molecule has 6 rings (SSSR count). The molecule has 0 radical (unpaired) electrons. The van der Waals surface area contributed by atoms with Crippen molar-refractivity contribution in [2.24, 2.45) is 16.1 Å². The van der Waals surface area contributed by atoms with Crippen molar-refractivity contribution in [3.05, 3.63) is 34.9 Å². The van der Waals surface area contributed by atoms with Crippen molar-refractivity contribution < 1.29 is 14.3 Å². The lowest BCUT2D eigenvalue weighted by Gasteiger charge is -2.45. The summed E-state index contributed by atoms with van der Waals surface area (Å²) in [6, 6.07) is 6.85. The molecule has 0 bridgehead atoms. The number of guanidine groups is 1. The molecular formula is C25H33N3O3. The third kappa shape index (κ3) is 2.83. The first-order valence-electron chi connectivity index (χ1n) is 12.0. The van der Waals surface area contributed by atoms with Gasteiger partial charge in [-0.15, -0.1) is 0 Å². The van der Waals surface area contributed by atoms with E-state index in [1.165, 1.54) is 24.0 Å². The van der Waals surface area contributed by atoms with Gasteiger partial charge < -0.3 is 15.2 Å². The molecule has 166 valence electrons. The van der Waals surface area contributed by atoms with Crippen molar-refractivity contribution in [3.63, 3.8) is 0 Å². The molecule has 2 heterocycles. The topological polar surface area (TPSA) is 77.2 Å². The number of aliphatic imine (C=N–C) groups is 1. The van der Waals surface area contributed by atoms with E-state index in [0.717, 1.165) is 57.1 Å². The molecule has 31 heavy (non-hydrogen) atoms. The van der Waals surface area contributed by atoms with Crippen molar-refractivity contribution >= 4 is 11.9 Å². The maximum absolute atomic E-state index is 14.3. The van der Waals surface area contributed by atoms with E-state index in [2.05, 4.69) is 18.2 Å². The average molecular weight is 424 g/mol. The SMILES string of the molecule is COC1CCC2(CC1)Cc1ccc(C3CC3)cc1[C@]21N=C(N)N(C[C@@H]2CCCO2)C1=O. The fourth-order valence-electron chi connectivity index (χ4n) is 6.72. The van der Waals surface area contributed by atoms with Crippen LogP contribution in [0.2, 0.25) is 0 Å². The van der Waals surface area contributed by atoms with Crippen LogP contribution in [0.5, 0.6) is 0 Å². The number of ether oxygens (including phenoxy) is 2. The van der Waals surface area contributed by atoms with Gasteiger partial charge in [0.2, 0.25) is 0 Å². The minimum atomic E-state index is -0.880. The highest BCUT2D eigenvalue weighted by Crippen LogP contribution is 2.62. The molecule has 5 aliphatic rings. The van der Waals surface area contributed by atoms with Crippen molar-refractivity contribution in [1.29, 1.82) is 0 Å². The fourth-order valence-corrected chi connectivity index (χ4v) is 6.72. The normalized spacial score (nSPS) is 37.1. The summed E-state index contributed by atoms with van der Waals surface area (Å²) >= 11 is 0. The van der Waals surface area contributed by atoms with Crippen LogP contribution in [0.1, 0.15) is 74.0 Å². The number of nitrogens with two attached hydrogens (primary N) is 1. The van der Waals surface area contributed by atoms with Gasteiger partial charge in [0.05, 0.1) is 18.8 Å². The van der Waals surface area contributed by atoms with Gasteiger partial charge in [0.1, 0.15) is 0 Å². The molecular weight excluding hydrogens is 390 g/mol. The van der Waals surface area contributed by atoms with Crippen LogP contribution in [0.25, 0.3) is 0 Å². The van der Waals surface area contributed by atoms with Gasteiger partial charge in [0.25, 0.3) is 5.91 Å². The minimum absolute atomic E-state index is 0.0618. The molecule has 1 aromatic carbocycles. The largest absolute Gasteiger partial charge is 0.381 e. The Hall–Kier alpha value is -1.92. The highest BCUT2D eigenvalue weighted by molar-refractivity contribution is 6.08. The van der Waals surface area contributed by atoms with Gasteiger partial charge in [-0.2, -0.15) is 0 Å². The van der Waals surface area contributed by atoms with E-state index in [-0.39, 0.29) is 23.5 Å². The van der Waals surface area contributed by atoms with E-state index in [1.807, 2.05) is 0 Å². The molecule has 2 aliphatic heterocycles. The van der Waals surface area contributed by atoms with Gasteiger partial charge in [0.15, 0.2) is 11.5 Å². The van der Waals surface area contributed by atoms with Crippen LogP contribution in [0.15, 0.2) is 23.2 Å². The third-order valence-corrected chi connectivity index (χ3v) is 8.62. The number of hydrogen-bond donors (Lipinski definition) is 1. The fraction of sp³-hybridized carbons (Fsp3) is 0.680. The van der Waals surface area contributed by atoms with Crippen molar-refractivity contribution in [2.75, 3.05) is 20.3 Å². The lowest BCUT2D eigenvalue weighted by atomic mass is 9.61. The number of benzene rings is 1. The van der Waals surface area contributed by atoms with Crippen LogP contribution in [0.3, 0.4) is 0 Å². The molecule has 2 atom stereocenters. The van der Waals surface area contributed by atoms with Gasteiger partial charge >= 0.3 is 0 Å². The zero-order chi connectivity index (χ0) is 21.2. The Labute approximate surface area is 184 Å². The Bertz CT molecular complexity index is 926. The van der Waals surface area contributed by atoms with Crippen molar-refractivity contribution in [2.45, 2.75) is 81.5 Å². The van der Waals surface area contributed by atoms with E-state index >= 15 is 0 Å². The summed E-state index contributed by atoms with van der Waals surface area (Å²) < 4.78 is 11.5. The van der Waals surface area contributed by atoms with E-state index in [1.54, 1.807) is 12.0 Å². The number of carbonyl (C=O) groups is 1. The van der Waals surface area contributed by atoms with E-state index in [4.69, 9.17) is 20.2 Å². The molecule has 2 spiro atoms. The number of amides is 1. The number of carbonyl (C=O) groups excluding carboxylic acids is 1. The number of rotatable bonds is 4. The van der Waals surface area contributed by atoms with Gasteiger partial charge in [-0.25, -0.2) is 4.99 Å². The predicted molar refractivity (Wildman–Crippen MR) is 118 cm³/mol. The molecule has 6 heteroatoms. The van der Waals surface area contributed by atoms with Crippen LogP contribution >= 0.6 is 0 Å². The second-order valence-electron chi connectivity index (χ2n) is 10.3. The smallest absolute Gasteiger partial charge is 0.262 e. The predicted octanol–water partition coefficient (Wildman–Crippen LogP) is 3.23. The summed E-state index contributed by atoms with van der Waals surface area (Å²) in [5.41, 5.74) is 9.16. The zero-order valence-corrected chi connectivity index (χ0v) is 18.4. The zero-order valence-electron chi connectivity index (χ0n) is 18.4. The van der Waals surface area contributed by atoms with Crippen LogP contribution in [0.4, 0.5) is 0 Å². The van der Waals surface area contributed by atoms with Gasteiger partial charge in [0, 0.05) is 19.1 Å². The van der Waals surface area contributed by atoms with Gasteiger partial charge in [-0.3, -0.25) is 9.69 Å². The molecule has 1 aromatic rings. The highest BCUT2D eigenvalue weighted by atomic mass is 16.5. The summed E-state index contributed by atoms with van der Waals surface area (Å²) in [7, 11) is 1.80. The maximum Gasteiger partial charge on any atom is 0.262 e. The van der Waals surface area contributed by atoms with Crippen LogP contribution in [-0.2, 0) is 26.2 Å². The van der Waals surface area contributed by atoms with Gasteiger partial charge in [-0.05, 0) is 80.4 Å². The number of methoxy groups -OCH3 is 1. The van der Waals surface area contributed by atoms with Crippen LogP contribution < -0.4 is 5.73 Å². The second kappa shape index (κ2) is 7.04. The van der Waals surface area contributed by atoms with Crippen LogP contribution in [0, 0.1) is 5.41 Å². The first-order valence-corrected chi connectivity index (χ1v) is 12.0. The summed E-state index contributed by atoms with van der Waals surface area (Å²) in [5, 5.41) is 0. The molecule has 6 nitrogen and oxygen atoms in total. The Balaban J connectivity index is 1.43. The van der Waals surface area contributed by atoms with E-state index < -0.39 is 5.54 Å². The Morgan fingerprint density at radius 2 is 2.03 bits per heavy atom. The van der Waals surface area contributed by atoms with Crippen molar-refractivity contribution in [3.8, 4) is 0 Å². The second-order valence-corrected chi connectivity index (χ2v) is 10.3. The van der Waals surface area contributed by atoms with Crippen molar-refractivity contribution in [1.82, 2.24) is 4.90 Å².